The molecular formula is C13H24O5. The van der Waals surface area contributed by atoms with Crippen LogP contribution in [0.1, 0.15) is 53.4 Å². The number of carboxylic acids is 1. The van der Waals surface area contributed by atoms with E-state index in [9.17, 15) is 19.8 Å². The molecule has 2 N–H and O–H groups in total. The van der Waals surface area contributed by atoms with Gasteiger partial charge in [-0.3, -0.25) is 9.59 Å². The zero-order valence-corrected chi connectivity index (χ0v) is 11.7. The van der Waals surface area contributed by atoms with Gasteiger partial charge in [-0.15, -0.1) is 0 Å². The summed E-state index contributed by atoms with van der Waals surface area (Å²) in [6.45, 7) is 6.86. The van der Waals surface area contributed by atoms with E-state index in [4.69, 9.17) is 4.74 Å². The van der Waals surface area contributed by atoms with Gasteiger partial charge in [0.2, 0.25) is 0 Å². The SMILES string of the molecule is CCCC(CC(C)(O)CC)(C(=O)O)C(=O)OCC. The lowest BCUT2D eigenvalue weighted by Crippen LogP contribution is -2.46. The maximum atomic E-state index is 12.0. The van der Waals surface area contributed by atoms with Gasteiger partial charge in [0, 0.05) is 6.42 Å². The van der Waals surface area contributed by atoms with Gasteiger partial charge in [-0.1, -0.05) is 20.3 Å². The number of carboxylic acid groups (broad SMARTS) is 1. The second-order valence-corrected chi connectivity index (χ2v) is 4.89. The molecule has 0 heterocycles. The fourth-order valence-corrected chi connectivity index (χ4v) is 2.00. The molecule has 0 saturated carbocycles. The number of aliphatic carboxylic acids is 1. The highest BCUT2D eigenvalue weighted by atomic mass is 16.5. The molecule has 0 saturated heterocycles. The van der Waals surface area contributed by atoms with Crippen molar-refractivity contribution in [2.24, 2.45) is 5.41 Å². The lowest BCUT2D eigenvalue weighted by molar-refractivity contribution is -0.174. The molecule has 5 heteroatoms. The van der Waals surface area contributed by atoms with Gasteiger partial charge in [0.25, 0.3) is 0 Å². The Kier molecular flexibility index (Phi) is 6.32. The van der Waals surface area contributed by atoms with Crippen molar-refractivity contribution in [3.8, 4) is 0 Å². The fourth-order valence-electron chi connectivity index (χ4n) is 2.00. The van der Waals surface area contributed by atoms with Crippen LogP contribution in [-0.2, 0) is 14.3 Å². The Labute approximate surface area is 108 Å². The van der Waals surface area contributed by atoms with Crippen LogP contribution in [0.2, 0.25) is 0 Å². The Morgan fingerprint density at radius 2 is 1.78 bits per heavy atom. The fraction of sp³-hybridized carbons (Fsp3) is 0.846. The minimum absolute atomic E-state index is 0.126. The van der Waals surface area contributed by atoms with Gasteiger partial charge in [0.05, 0.1) is 12.2 Å². The topological polar surface area (TPSA) is 83.8 Å². The van der Waals surface area contributed by atoms with Crippen LogP contribution in [0.15, 0.2) is 0 Å². The monoisotopic (exact) mass is 260 g/mol. The van der Waals surface area contributed by atoms with E-state index in [0.29, 0.717) is 12.8 Å². The van der Waals surface area contributed by atoms with Crippen molar-refractivity contribution in [2.75, 3.05) is 6.61 Å². The number of carbonyl (C=O) groups is 2. The van der Waals surface area contributed by atoms with Gasteiger partial charge >= 0.3 is 11.9 Å². The highest BCUT2D eigenvalue weighted by molar-refractivity contribution is 5.99. The maximum Gasteiger partial charge on any atom is 0.323 e. The summed E-state index contributed by atoms with van der Waals surface area (Å²) < 4.78 is 4.88. The molecule has 0 aromatic heterocycles. The van der Waals surface area contributed by atoms with Crippen molar-refractivity contribution in [3.63, 3.8) is 0 Å². The van der Waals surface area contributed by atoms with Crippen LogP contribution in [0, 0.1) is 5.41 Å². The highest BCUT2D eigenvalue weighted by Gasteiger charge is 2.50. The van der Waals surface area contributed by atoms with Crippen LogP contribution < -0.4 is 0 Å². The first-order valence-electron chi connectivity index (χ1n) is 6.38. The molecule has 0 rings (SSSR count). The molecular weight excluding hydrogens is 236 g/mol. The van der Waals surface area contributed by atoms with E-state index in [1.807, 2.05) is 0 Å². The lowest BCUT2D eigenvalue weighted by Gasteiger charge is -2.33. The summed E-state index contributed by atoms with van der Waals surface area (Å²) in [4.78, 5) is 23.5. The standard InChI is InChI=1S/C13H24O5/c1-5-8-13(10(14)15,11(16)18-7-3)9-12(4,17)6-2/h17H,5-9H2,1-4H3,(H,14,15). The maximum absolute atomic E-state index is 12.0. The molecule has 0 aliphatic rings. The number of rotatable bonds is 8. The summed E-state index contributed by atoms with van der Waals surface area (Å²) >= 11 is 0. The van der Waals surface area contributed by atoms with Gasteiger partial charge in [-0.2, -0.15) is 0 Å². The average Bonchev–Trinajstić information content (AvgIpc) is 2.28. The van der Waals surface area contributed by atoms with Crippen molar-refractivity contribution in [2.45, 2.75) is 59.0 Å². The molecule has 106 valence electrons. The Morgan fingerprint density at radius 1 is 1.22 bits per heavy atom. The van der Waals surface area contributed by atoms with Crippen molar-refractivity contribution in [1.82, 2.24) is 0 Å². The van der Waals surface area contributed by atoms with Crippen molar-refractivity contribution in [3.05, 3.63) is 0 Å². The first-order valence-corrected chi connectivity index (χ1v) is 6.38. The van der Waals surface area contributed by atoms with Crippen molar-refractivity contribution >= 4 is 11.9 Å². The molecule has 0 aromatic rings. The highest BCUT2D eigenvalue weighted by Crippen LogP contribution is 2.36. The third kappa shape index (κ3) is 3.98. The molecule has 0 radical (unpaired) electrons. The summed E-state index contributed by atoms with van der Waals surface area (Å²) in [6.07, 6.45) is 0.950. The lowest BCUT2D eigenvalue weighted by atomic mass is 9.73. The van der Waals surface area contributed by atoms with Crippen LogP contribution in [0.25, 0.3) is 0 Å². The minimum atomic E-state index is -1.65. The molecule has 2 unspecified atom stereocenters. The van der Waals surface area contributed by atoms with E-state index in [2.05, 4.69) is 0 Å². The molecule has 0 aliphatic carbocycles. The van der Waals surface area contributed by atoms with Crippen LogP contribution >= 0.6 is 0 Å². The minimum Gasteiger partial charge on any atom is -0.480 e. The summed E-state index contributed by atoms with van der Waals surface area (Å²) in [5, 5.41) is 19.5. The van der Waals surface area contributed by atoms with Gasteiger partial charge in [-0.25, -0.2) is 0 Å². The first-order chi connectivity index (χ1) is 8.25. The number of esters is 1. The third-order valence-electron chi connectivity index (χ3n) is 3.20. The Balaban J connectivity index is 5.35. The molecule has 0 amide bonds. The summed E-state index contributed by atoms with van der Waals surface area (Å²) in [7, 11) is 0. The predicted molar refractivity (Wildman–Crippen MR) is 67.1 cm³/mol. The zero-order valence-electron chi connectivity index (χ0n) is 11.7. The molecule has 0 spiro atoms. The largest absolute Gasteiger partial charge is 0.480 e. The van der Waals surface area contributed by atoms with E-state index < -0.39 is 23.0 Å². The van der Waals surface area contributed by atoms with Crippen LogP contribution in [0.5, 0.6) is 0 Å². The molecule has 0 aromatic carbocycles. The Morgan fingerprint density at radius 3 is 2.11 bits per heavy atom. The second-order valence-electron chi connectivity index (χ2n) is 4.89. The number of carbonyl (C=O) groups excluding carboxylic acids is 1. The second kappa shape index (κ2) is 6.73. The molecule has 5 nitrogen and oxygen atoms in total. The zero-order chi connectivity index (χ0) is 14.4. The summed E-state index contributed by atoms with van der Waals surface area (Å²) in [6, 6.07) is 0. The van der Waals surface area contributed by atoms with Crippen LogP contribution in [0.4, 0.5) is 0 Å². The van der Waals surface area contributed by atoms with E-state index in [0.717, 1.165) is 0 Å². The van der Waals surface area contributed by atoms with E-state index in [1.165, 1.54) is 0 Å². The first kappa shape index (κ1) is 16.9. The van der Waals surface area contributed by atoms with E-state index >= 15 is 0 Å². The molecule has 2 atom stereocenters. The number of hydrogen-bond acceptors (Lipinski definition) is 4. The molecule has 18 heavy (non-hydrogen) atoms. The van der Waals surface area contributed by atoms with Crippen molar-refractivity contribution < 1.29 is 24.5 Å². The molecule has 0 fully saturated rings. The smallest absolute Gasteiger partial charge is 0.323 e. The molecule has 0 aliphatic heterocycles. The summed E-state index contributed by atoms with van der Waals surface area (Å²) in [5.41, 5.74) is -2.84. The Bertz CT molecular complexity index is 298. The summed E-state index contributed by atoms with van der Waals surface area (Å²) in [5.74, 6) is -1.98. The number of ether oxygens (including phenoxy) is 1. The Hall–Kier alpha value is -1.10. The van der Waals surface area contributed by atoms with Crippen molar-refractivity contribution in [1.29, 1.82) is 0 Å². The number of aliphatic hydroxyl groups is 1. The normalized spacial score (nSPS) is 17.6. The molecule has 0 bridgehead atoms. The van der Waals surface area contributed by atoms with Gasteiger partial charge in [0.15, 0.2) is 5.41 Å². The average molecular weight is 260 g/mol. The van der Waals surface area contributed by atoms with E-state index in [1.54, 1.807) is 27.7 Å². The van der Waals surface area contributed by atoms with E-state index in [-0.39, 0.29) is 19.4 Å². The quantitative estimate of drug-likeness (QED) is 0.515. The van der Waals surface area contributed by atoms with Gasteiger partial charge in [0.1, 0.15) is 0 Å². The van der Waals surface area contributed by atoms with Gasteiger partial charge < -0.3 is 14.9 Å². The third-order valence-corrected chi connectivity index (χ3v) is 3.20. The van der Waals surface area contributed by atoms with Gasteiger partial charge in [-0.05, 0) is 26.7 Å². The predicted octanol–water partition coefficient (Wildman–Crippen LogP) is 1.97. The van der Waals surface area contributed by atoms with Crippen LogP contribution in [-0.4, -0.2) is 34.4 Å². The van der Waals surface area contributed by atoms with Crippen LogP contribution in [0.3, 0.4) is 0 Å². The number of hydrogen-bond donors (Lipinski definition) is 2.